The van der Waals surface area contributed by atoms with Crippen LogP contribution in [0.15, 0.2) is 53.3 Å². The zero-order valence-corrected chi connectivity index (χ0v) is 22.6. The van der Waals surface area contributed by atoms with Gasteiger partial charge in [-0.25, -0.2) is 9.67 Å². The molecule has 0 saturated carbocycles. The van der Waals surface area contributed by atoms with E-state index in [1.54, 1.807) is 11.3 Å². The normalized spacial score (nSPS) is 19.3. The van der Waals surface area contributed by atoms with Crippen LogP contribution in [0.2, 0.25) is 0 Å². The molecule has 0 aliphatic carbocycles. The van der Waals surface area contributed by atoms with Crippen LogP contribution in [0.1, 0.15) is 35.8 Å². The van der Waals surface area contributed by atoms with E-state index in [2.05, 4.69) is 61.5 Å². The predicted molar refractivity (Wildman–Crippen MR) is 151 cm³/mol. The monoisotopic (exact) mass is 542 g/mol. The Bertz CT molecular complexity index is 1650. The first-order chi connectivity index (χ1) is 19.1. The number of benzene rings is 2. The van der Waals surface area contributed by atoms with Crippen molar-refractivity contribution >= 4 is 37.6 Å². The molecule has 200 valence electrons. The number of piperazine rings is 1. The number of thiazole rings is 1. The maximum atomic E-state index is 13.5. The number of fused-ring (bicyclic) bond motifs is 2. The van der Waals surface area contributed by atoms with Crippen molar-refractivity contribution in [2.45, 2.75) is 38.5 Å². The van der Waals surface area contributed by atoms with Gasteiger partial charge in [-0.05, 0) is 65.9 Å². The molecule has 2 saturated heterocycles. The average molecular weight is 543 g/mol. The van der Waals surface area contributed by atoms with Crippen molar-refractivity contribution in [1.82, 2.24) is 35.1 Å². The van der Waals surface area contributed by atoms with Gasteiger partial charge in [0.05, 0.1) is 22.9 Å². The van der Waals surface area contributed by atoms with Crippen molar-refractivity contribution in [1.29, 1.82) is 0 Å². The van der Waals surface area contributed by atoms with E-state index in [-0.39, 0.29) is 17.7 Å². The number of aromatic nitrogens is 6. The van der Waals surface area contributed by atoms with Crippen molar-refractivity contribution in [2.24, 2.45) is 0 Å². The minimum Gasteiger partial charge on any atom is -0.376 e. The van der Waals surface area contributed by atoms with Gasteiger partial charge in [0.25, 0.3) is 5.56 Å². The summed E-state index contributed by atoms with van der Waals surface area (Å²) >= 11 is 1.72. The van der Waals surface area contributed by atoms with E-state index in [0.29, 0.717) is 17.9 Å². The Balaban J connectivity index is 1.23. The first-order valence-electron chi connectivity index (χ1n) is 13.5. The Morgan fingerprint density at radius 2 is 2.00 bits per heavy atom. The first kappa shape index (κ1) is 24.4. The van der Waals surface area contributed by atoms with E-state index < -0.39 is 0 Å². The van der Waals surface area contributed by atoms with Crippen LogP contribution in [0.25, 0.3) is 21.1 Å². The molecule has 2 aromatic carbocycles. The van der Waals surface area contributed by atoms with E-state index in [0.717, 1.165) is 72.7 Å². The molecule has 2 aliphatic rings. The SMILES string of the molecule is Cc1ccc2[nH]c(=O)c([C@H](c3nnnn3C[C@H]3CCCO3)N3CCN(c4nc5ccccc5s4)CC3)cc2c1. The lowest BCUT2D eigenvalue weighted by Gasteiger charge is -2.38. The second kappa shape index (κ2) is 10.1. The number of nitrogens with zero attached hydrogens (tertiary/aromatic N) is 7. The lowest BCUT2D eigenvalue weighted by Crippen LogP contribution is -2.49. The van der Waals surface area contributed by atoms with Crippen LogP contribution in [0.4, 0.5) is 5.13 Å². The van der Waals surface area contributed by atoms with Gasteiger partial charge in [0.1, 0.15) is 6.04 Å². The summed E-state index contributed by atoms with van der Waals surface area (Å²) in [5.41, 5.74) is 3.54. The number of anilines is 1. The van der Waals surface area contributed by atoms with Crippen LogP contribution < -0.4 is 10.5 Å². The Hall–Kier alpha value is -3.67. The number of para-hydroxylation sites is 1. The lowest BCUT2D eigenvalue weighted by atomic mass is 10.0. The van der Waals surface area contributed by atoms with E-state index in [4.69, 9.17) is 9.72 Å². The van der Waals surface area contributed by atoms with Crippen LogP contribution >= 0.6 is 11.3 Å². The van der Waals surface area contributed by atoms with Crippen molar-refractivity contribution in [2.75, 3.05) is 37.7 Å². The molecule has 0 radical (unpaired) electrons. The topological polar surface area (TPSA) is 105 Å². The summed E-state index contributed by atoms with van der Waals surface area (Å²) in [6.45, 7) is 6.50. The van der Waals surface area contributed by atoms with Gasteiger partial charge >= 0.3 is 0 Å². The van der Waals surface area contributed by atoms with Crippen molar-refractivity contribution in [3.8, 4) is 0 Å². The molecule has 0 amide bonds. The molecule has 2 aliphatic heterocycles. The Kier molecular flexibility index (Phi) is 6.34. The highest BCUT2D eigenvalue weighted by molar-refractivity contribution is 7.22. The van der Waals surface area contributed by atoms with Gasteiger partial charge in [0, 0.05) is 43.9 Å². The second-order valence-corrected chi connectivity index (χ2v) is 11.4. The number of rotatable bonds is 6. The third-order valence-corrected chi connectivity index (χ3v) is 8.86. The highest BCUT2D eigenvalue weighted by Gasteiger charge is 2.34. The van der Waals surface area contributed by atoms with Gasteiger partial charge in [-0.15, -0.1) is 5.10 Å². The van der Waals surface area contributed by atoms with Crippen LogP contribution in [0.5, 0.6) is 0 Å². The average Bonchev–Trinajstić information content (AvgIpc) is 3.72. The summed E-state index contributed by atoms with van der Waals surface area (Å²) in [5, 5.41) is 14.9. The van der Waals surface area contributed by atoms with Gasteiger partial charge in [0.15, 0.2) is 11.0 Å². The number of hydrogen-bond donors (Lipinski definition) is 1. The van der Waals surface area contributed by atoms with E-state index in [1.165, 1.54) is 4.70 Å². The van der Waals surface area contributed by atoms with E-state index in [9.17, 15) is 4.79 Å². The molecule has 2 fully saturated rings. The molecule has 5 aromatic rings. The number of aryl methyl sites for hydroxylation is 1. The summed E-state index contributed by atoms with van der Waals surface area (Å²) < 4.78 is 8.91. The molecule has 11 heteroatoms. The molecular formula is C28H30N8O2S. The van der Waals surface area contributed by atoms with Gasteiger partial charge in [-0.1, -0.05) is 35.1 Å². The fraction of sp³-hybridized carbons (Fsp3) is 0.393. The van der Waals surface area contributed by atoms with Gasteiger partial charge in [0.2, 0.25) is 0 Å². The molecular weight excluding hydrogens is 512 g/mol. The van der Waals surface area contributed by atoms with Crippen molar-refractivity contribution in [3.63, 3.8) is 0 Å². The van der Waals surface area contributed by atoms with E-state index in [1.807, 2.05) is 28.9 Å². The number of nitrogens with one attached hydrogen (secondary N) is 1. The fourth-order valence-corrected chi connectivity index (χ4v) is 6.75. The number of pyridine rings is 1. The maximum absolute atomic E-state index is 13.5. The number of hydrogen-bond acceptors (Lipinski definition) is 9. The van der Waals surface area contributed by atoms with Gasteiger partial charge < -0.3 is 14.6 Å². The lowest BCUT2D eigenvalue weighted by molar-refractivity contribution is 0.0906. The minimum atomic E-state index is -0.382. The third-order valence-electron chi connectivity index (χ3n) is 7.76. The second-order valence-electron chi connectivity index (χ2n) is 10.4. The number of H-pyrrole nitrogens is 1. The Morgan fingerprint density at radius 1 is 1.13 bits per heavy atom. The molecule has 3 aromatic heterocycles. The van der Waals surface area contributed by atoms with Crippen LogP contribution in [-0.2, 0) is 11.3 Å². The van der Waals surface area contributed by atoms with Gasteiger partial charge in [-0.3, -0.25) is 9.69 Å². The Morgan fingerprint density at radius 3 is 2.82 bits per heavy atom. The predicted octanol–water partition coefficient (Wildman–Crippen LogP) is 3.52. The summed E-state index contributed by atoms with van der Waals surface area (Å²) in [5.74, 6) is 0.677. The molecule has 7 rings (SSSR count). The molecule has 5 heterocycles. The molecule has 0 spiro atoms. The van der Waals surface area contributed by atoms with E-state index >= 15 is 0 Å². The standard InChI is InChI=1S/C28H30N8O2S/c1-18-8-9-22-19(15-18)16-21(27(37)29-22)25(26-31-32-33-36(26)17-20-5-4-14-38-20)34-10-12-35(13-11-34)28-30-23-6-2-3-7-24(23)39-28/h2-3,6-9,15-16,20,25H,4-5,10-14,17H2,1H3,(H,29,37)/t20-,25-/m1/s1. The van der Waals surface area contributed by atoms with Crippen LogP contribution in [0, 0.1) is 6.92 Å². The largest absolute Gasteiger partial charge is 0.376 e. The molecule has 0 bridgehead atoms. The molecule has 1 N–H and O–H groups in total. The highest BCUT2D eigenvalue weighted by atomic mass is 32.1. The fourth-order valence-electron chi connectivity index (χ4n) is 5.73. The number of aromatic amines is 1. The quantitative estimate of drug-likeness (QED) is 0.348. The number of ether oxygens (including phenoxy) is 1. The zero-order valence-electron chi connectivity index (χ0n) is 21.8. The summed E-state index contributed by atoms with van der Waals surface area (Å²) in [7, 11) is 0. The van der Waals surface area contributed by atoms with Crippen molar-refractivity contribution in [3.05, 3.63) is 75.8 Å². The van der Waals surface area contributed by atoms with Gasteiger partial charge in [-0.2, -0.15) is 0 Å². The smallest absolute Gasteiger partial charge is 0.253 e. The molecule has 2 atom stereocenters. The maximum Gasteiger partial charge on any atom is 0.253 e. The van der Waals surface area contributed by atoms with Crippen LogP contribution in [0.3, 0.4) is 0 Å². The number of tetrazole rings is 1. The molecule has 10 nitrogen and oxygen atoms in total. The summed E-state index contributed by atoms with van der Waals surface area (Å²) in [4.78, 5) is 26.2. The summed E-state index contributed by atoms with van der Waals surface area (Å²) in [6, 6.07) is 16.0. The molecule has 0 unspecified atom stereocenters. The highest BCUT2D eigenvalue weighted by Crippen LogP contribution is 2.32. The molecule has 39 heavy (non-hydrogen) atoms. The van der Waals surface area contributed by atoms with Crippen molar-refractivity contribution < 1.29 is 4.74 Å². The summed E-state index contributed by atoms with van der Waals surface area (Å²) in [6.07, 6.45) is 2.12. The Labute approximate surface area is 229 Å². The van der Waals surface area contributed by atoms with Crippen LogP contribution in [-0.4, -0.2) is 74.0 Å². The first-order valence-corrected chi connectivity index (χ1v) is 14.3. The third kappa shape index (κ3) is 4.70. The minimum absolute atomic E-state index is 0.0846. The zero-order chi connectivity index (χ0) is 26.3.